The topological polar surface area (TPSA) is 106 Å². The summed E-state index contributed by atoms with van der Waals surface area (Å²) in [5, 5.41) is 20.8. The first-order valence-electron chi connectivity index (χ1n) is 8.19. The number of hydrogen-bond donors (Lipinski definition) is 2. The Kier molecular flexibility index (Phi) is 5.58. The van der Waals surface area contributed by atoms with Crippen LogP contribution in [-0.2, 0) is 16.1 Å². The average molecular weight is 376 g/mol. The molecule has 2 N–H and O–H groups in total. The van der Waals surface area contributed by atoms with E-state index in [0.717, 1.165) is 18.4 Å². The highest BCUT2D eigenvalue weighted by Crippen LogP contribution is 2.38. The summed E-state index contributed by atoms with van der Waals surface area (Å²) in [5.41, 5.74) is 1.79. The smallest absolute Gasteiger partial charge is 0.337 e. The van der Waals surface area contributed by atoms with Gasteiger partial charge in [-0.25, -0.2) is 4.79 Å². The number of ether oxygens (including phenoxy) is 1. The summed E-state index contributed by atoms with van der Waals surface area (Å²) in [6.07, 6.45) is 2.06. The molecule has 1 saturated carbocycles. The number of aryl methyl sites for hydroxylation is 1. The Bertz CT molecular complexity index is 832. The molecule has 1 fully saturated rings. The Morgan fingerprint density at radius 1 is 1.38 bits per heavy atom. The molecule has 0 atom stereocenters. The second-order valence-electron chi connectivity index (χ2n) is 6.02. The molecular weight excluding hydrogens is 356 g/mol. The van der Waals surface area contributed by atoms with Crippen LogP contribution in [0.25, 0.3) is 0 Å². The number of rotatable bonds is 7. The minimum absolute atomic E-state index is 0.151. The summed E-state index contributed by atoms with van der Waals surface area (Å²) in [6, 6.07) is 5.32. The van der Waals surface area contributed by atoms with E-state index in [4.69, 9.17) is 4.74 Å². The minimum Gasteiger partial charge on any atom is -0.465 e. The lowest BCUT2D eigenvalue weighted by molar-refractivity contribution is -0.113. The number of aliphatic hydroxyl groups excluding tert-OH is 1. The fraction of sp³-hybridized carbons (Fsp3) is 0.412. The summed E-state index contributed by atoms with van der Waals surface area (Å²) in [6.45, 7) is 1.68. The van der Waals surface area contributed by atoms with Crippen molar-refractivity contribution >= 4 is 29.3 Å². The zero-order valence-electron chi connectivity index (χ0n) is 14.6. The third kappa shape index (κ3) is 4.05. The SMILES string of the molecule is COC(=O)c1ccc(C)c(NC(=O)CSc2nnc(CO)n2C2CC2)c1. The number of hydrogen-bond acceptors (Lipinski definition) is 7. The van der Waals surface area contributed by atoms with Crippen molar-refractivity contribution < 1.29 is 19.4 Å². The Hall–Kier alpha value is -2.39. The van der Waals surface area contributed by atoms with E-state index in [1.165, 1.54) is 18.9 Å². The molecular formula is C17H20N4O4S. The number of anilines is 1. The predicted octanol–water partition coefficient (Wildman–Crippen LogP) is 1.93. The number of amides is 1. The van der Waals surface area contributed by atoms with Gasteiger partial charge < -0.3 is 19.7 Å². The zero-order valence-corrected chi connectivity index (χ0v) is 15.4. The van der Waals surface area contributed by atoms with E-state index in [9.17, 15) is 14.7 Å². The van der Waals surface area contributed by atoms with Crippen LogP contribution in [0.5, 0.6) is 0 Å². The molecule has 8 nitrogen and oxygen atoms in total. The van der Waals surface area contributed by atoms with Crippen LogP contribution in [0.15, 0.2) is 23.4 Å². The second-order valence-corrected chi connectivity index (χ2v) is 6.96. The molecule has 1 aliphatic rings. The number of nitrogens with one attached hydrogen (secondary N) is 1. The van der Waals surface area contributed by atoms with Crippen LogP contribution in [0.3, 0.4) is 0 Å². The first kappa shape index (κ1) is 18.4. The summed E-state index contributed by atoms with van der Waals surface area (Å²) >= 11 is 1.27. The molecule has 2 aromatic rings. The first-order chi connectivity index (χ1) is 12.5. The van der Waals surface area contributed by atoms with E-state index in [0.29, 0.717) is 28.3 Å². The van der Waals surface area contributed by atoms with E-state index >= 15 is 0 Å². The molecule has 0 unspecified atom stereocenters. The summed E-state index contributed by atoms with van der Waals surface area (Å²) < 4.78 is 6.61. The lowest BCUT2D eigenvalue weighted by Crippen LogP contribution is -2.16. The number of carbonyl (C=O) groups is 2. The molecule has 1 aliphatic carbocycles. The maximum Gasteiger partial charge on any atom is 0.337 e. The van der Waals surface area contributed by atoms with Crippen LogP contribution in [0.4, 0.5) is 5.69 Å². The van der Waals surface area contributed by atoms with E-state index in [-0.39, 0.29) is 18.3 Å². The van der Waals surface area contributed by atoms with E-state index in [2.05, 4.69) is 15.5 Å². The molecule has 26 heavy (non-hydrogen) atoms. The highest BCUT2D eigenvalue weighted by Gasteiger charge is 2.29. The Morgan fingerprint density at radius 3 is 2.81 bits per heavy atom. The van der Waals surface area contributed by atoms with Crippen molar-refractivity contribution in [1.82, 2.24) is 14.8 Å². The average Bonchev–Trinajstić information content (AvgIpc) is 3.40. The molecule has 138 valence electrons. The number of carbonyl (C=O) groups excluding carboxylic acids is 2. The number of benzene rings is 1. The molecule has 0 aliphatic heterocycles. The Balaban J connectivity index is 1.65. The summed E-state index contributed by atoms with van der Waals surface area (Å²) in [5.74, 6) is 0.00929. The van der Waals surface area contributed by atoms with Gasteiger partial charge in [-0.05, 0) is 37.5 Å². The molecule has 1 aromatic heterocycles. The maximum atomic E-state index is 12.3. The Morgan fingerprint density at radius 2 is 2.15 bits per heavy atom. The van der Waals surface area contributed by atoms with Crippen LogP contribution >= 0.6 is 11.8 Å². The molecule has 1 heterocycles. The third-order valence-electron chi connectivity index (χ3n) is 4.05. The van der Waals surface area contributed by atoms with Crippen LogP contribution in [0, 0.1) is 6.92 Å². The Labute approximate surface area is 154 Å². The highest BCUT2D eigenvalue weighted by atomic mass is 32.2. The van der Waals surface area contributed by atoms with Gasteiger partial charge in [0.1, 0.15) is 6.61 Å². The van der Waals surface area contributed by atoms with Gasteiger partial charge in [0.25, 0.3) is 0 Å². The minimum atomic E-state index is -0.455. The van der Waals surface area contributed by atoms with Gasteiger partial charge in [-0.2, -0.15) is 0 Å². The first-order valence-corrected chi connectivity index (χ1v) is 9.18. The lowest BCUT2D eigenvalue weighted by Gasteiger charge is -2.10. The molecule has 1 aromatic carbocycles. The van der Waals surface area contributed by atoms with Gasteiger partial charge in [0, 0.05) is 11.7 Å². The third-order valence-corrected chi connectivity index (χ3v) is 5.00. The van der Waals surface area contributed by atoms with E-state index in [1.54, 1.807) is 18.2 Å². The van der Waals surface area contributed by atoms with Gasteiger partial charge in [-0.1, -0.05) is 17.8 Å². The van der Waals surface area contributed by atoms with Gasteiger partial charge >= 0.3 is 5.97 Å². The molecule has 0 spiro atoms. The second kappa shape index (κ2) is 7.88. The van der Waals surface area contributed by atoms with Crippen LogP contribution in [0.2, 0.25) is 0 Å². The number of nitrogens with zero attached hydrogens (tertiary/aromatic N) is 3. The molecule has 9 heteroatoms. The molecule has 1 amide bonds. The maximum absolute atomic E-state index is 12.3. The largest absolute Gasteiger partial charge is 0.465 e. The summed E-state index contributed by atoms with van der Waals surface area (Å²) in [4.78, 5) is 23.9. The monoisotopic (exact) mass is 376 g/mol. The van der Waals surface area contributed by atoms with Crippen molar-refractivity contribution in [3.05, 3.63) is 35.2 Å². The lowest BCUT2D eigenvalue weighted by atomic mass is 10.1. The van der Waals surface area contributed by atoms with Crippen LogP contribution in [0.1, 0.15) is 40.6 Å². The zero-order chi connectivity index (χ0) is 18.7. The van der Waals surface area contributed by atoms with Crippen molar-refractivity contribution in [3.8, 4) is 0 Å². The molecule has 3 rings (SSSR count). The highest BCUT2D eigenvalue weighted by molar-refractivity contribution is 7.99. The standard InChI is InChI=1S/C17H20N4O4S/c1-10-3-4-11(16(24)25-2)7-13(10)18-15(23)9-26-17-20-19-14(8-22)21(17)12-5-6-12/h3-4,7,12,22H,5-6,8-9H2,1-2H3,(H,18,23). The van der Waals surface area contributed by atoms with Gasteiger partial charge in [0.05, 0.1) is 18.4 Å². The quantitative estimate of drug-likeness (QED) is 0.562. The fourth-order valence-electron chi connectivity index (χ4n) is 2.53. The van der Waals surface area contributed by atoms with Crippen molar-refractivity contribution in [2.45, 2.75) is 37.6 Å². The van der Waals surface area contributed by atoms with Crippen molar-refractivity contribution in [1.29, 1.82) is 0 Å². The number of thioether (sulfide) groups is 1. The number of esters is 1. The predicted molar refractivity (Wildman–Crippen MR) is 96.1 cm³/mol. The molecule has 0 saturated heterocycles. The van der Waals surface area contributed by atoms with Crippen LogP contribution < -0.4 is 5.32 Å². The fourth-order valence-corrected chi connectivity index (χ4v) is 3.36. The van der Waals surface area contributed by atoms with Gasteiger partial charge in [0.2, 0.25) is 5.91 Å². The number of aromatic nitrogens is 3. The number of aliphatic hydroxyl groups is 1. The van der Waals surface area contributed by atoms with Crippen molar-refractivity contribution in [3.63, 3.8) is 0 Å². The van der Waals surface area contributed by atoms with Crippen molar-refractivity contribution in [2.75, 3.05) is 18.2 Å². The van der Waals surface area contributed by atoms with Gasteiger partial charge in [0.15, 0.2) is 11.0 Å². The van der Waals surface area contributed by atoms with Gasteiger partial charge in [-0.3, -0.25) is 4.79 Å². The summed E-state index contributed by atoms with van der Waals surface area (Å²) in [7, 11) is 1.31. The normalized spacial score (nSPS) is 13.5. The van der Waals surface area contributed by atoms with Gasteiger partial charge in [-0.15, -0.1) is 10.2 Å². The molecule has 0 radical (unpaired) electrons. The van der Waals surface area contributed by atoms with E-state index < -0.39 is 5.97 Å². The van der Waals surface area contributed by atoms with Crippen LogP contribution in [-0.4, -0.2) is 44.6 Å². The van der Waals surface area contributed by atoms with Crippen molar-refractivity contribution in [2.24, 2.45) is 0 Å². The van der Waals surface area contributed by atoms with E-state index in [1.807, 2.05) is 11.5 Å². The molecule has 0 bridgehead atoms. The number of methoxy groups -OCH3 is 1.